The molecule has 2 atom stereocenters. The van der Waals surface area contributed by atoms with Crippen molar-refractivity contribution in [1.82, 2.24) is 0 Å². The highest BCUT2D eigenvalue weighted by molar-refractivity contribution is 5.96. The van der Waals surface area contributed by atoms with Gasteiger partial charge in [-0.2, -0.15) is 0 Å². The van der Waals surface area contributed by atoms with Gasteiger partial charge in [0.25, 0.3) is 0 Å². The molecule has 2 heterocycles. The highest BCUT2D eigenvalue weighted by Crippen LogP contribution is 2.51. The Hall–Kier alpha value is -1.58. The van der Waals surface area contributed by atoms with E-state index in [-0.39, 0.29) is 11.2 Å². The standard InChI is InChI=1S/C16H17NO2/c1-15(8-18-15)12-7-10-5-3-4-6-11(10)14(17)13(12)16(2)9-19-16/h3-7H,8-9,17H2,1-2H3. The molecule has 2 unspecified atom stereocenters. The number of anilines is 1. The fourth-order valence-electron chi connectivity index (χ4n) is 2.88. The molecule has 2 N–H and O–H groups in total. The normalized spacial score (nSPS) is 32.5. The molecule has 0 bridgehead atoms. The smallest absolute Gasteiger partial charge is 0.116 e. The maximum atomic E-state index is 6.43. The van der Waals surface area contributed by atoms with Crippen LogP contribution in [0.3, 0.4) is 0 Å². The van der Waals surface area contributed by atoms with E-state index in [1.54, 1.807) is 0 Å². The molecule has 0 spiro atoms. The summed E-state index contributed by atoms with van der Waals surface area (Å²) in [5.74, 6) is 0. The summed E-state index contributed by atoms with van der Waals surface area (Å²) in [5.41, 5.74) is 9.14. The lowest BCUT2D eigenvalue weighted by atomic mass is 9.85. The lowest BCUT2D eigenvalue weighted by Crippen LogP contribution is -2.16. The first-order chi connectivity index (χ1) is 9.04. The van der Waals surface area contributed by atoms with Crippen molar-refractivity contribution < 1.29 is 9.47 Å². The minimum atomic E-state index is -0.238. The van der Waals surface area contributed by atoms with Crippen LogP contribution in [-0.4, -0.2) is 13.2 Å². The quantitative estimate of drug-likeness (QED) is 0.663. The summed E-state index contributed by atoms with van der Waals surface area (Å²) in [6, 6.07) is 10.4. The molecule has 2 fully saturated rings. The minimum Gasteiger partial charge on any atom is -0.398 e. The second-order valence-electron chi connectivity index (χ2n) is 5.97. The minimum absolute atomic E-state index is 0.192. The van der Waals surface area contributed by atoms with Gasteiger partial charge in [-0.05, 0) is 30.9 Å². The fraction of sp³-hybridized carbons (Fsp3) is 0.375. The molecule has 2 aromatic carbocycles. The first-order valence-electron chi connectivity index (χ1n) is 6.64. The van der Waals surface area contributed by atoms with Crippen molar-refractivity contribution >= 4 is 16.5 Å². The predicted molar refractivity (Wildman–Crippen MR) is 75.0 cm³/mol. The molecule has 0 aromatic heterocycles. The van der Waals surface area contributed by atoms with Gasteiger partial charge < -0.3 is 15.2 Å². The molecule has 0 radical (unpaired) electrons. The van der Waals surface area contributed by atoms with Crippen molar-refractivity contribution in [2.24, 2.45) is 0 Å². The molecule has 2 saturated heterocycles. The summed E-state index contributed by atoms with van der Waals surface area (Å²) in [6.07, 6.45) is 0. The van der Waals surface area contributed by atoms with E-state index in [4.69, 9.17) is 15.2 Å². The van der Waals surface area contributed by atoms with Crippen molar-refractivity contribution in [2.75, 3.05) is 18.9 Å². The zero-order valence-electron chi connectivity index (χ0n) is 11.2. The van der Waals surface area contributed by atoms with Gasteiger partial charge in [-0.15, -0.1) is 0 Å². The van der Waals surface area contributed by atoms with Gasteiger partial charge in [0.15, 0.2) is 0 Å². The Labute approximate surface area is 112 Å². The summed E-state index contributed by atoms with van der Waals surface area (Å²) < 4.78 is 11.3. The summed E-state index contributed by atoms with van der Waals surface area (Å²) in [5, 5.41) is 2.27. The van der Waals surface area contributed by atoms with Crippen LogP contribution >= 0.6 is 0 Å². The number of hydrogen-bond acceptors (Lipinski definition) is 3. The molecule has 0 aliphatic carbocycles. The van der Waals surface area contributed by atoms with E-state index in [2.05, 4.69) is 32.0 Å². The molecule has 2 aromatic rings. The molecule has 2 aliphatic heterocycles. The zero-order chi connectivity index (χ0) is 13.3. The van der Waals surface area contributed by atoms with E-state index < -0.39 is 0 Å². The second-order valence-corrected chi connectivity index (χ2v) is 5.97. The SMILES string of the molecule is CC1(c2cc3ccccc3c(N)c2C2(C)CO2)CO1. The molecule has 4 rings (SSSR count). The van der Waals surface area contributed by atoms with Crippen molar-refractivity contribution in [3.8, 4) is 0 Å². The average molecular weight is 255 g/mol. The van der Waals surface area contributed by atoms with E-state index in [9.17, 15) is 0 Å². The monoisotopic (exact) mass is 255 g/mol. The first-order valence-corrected chi connectivity index (χ1v) is 6.64. The topological polar surface area (TPSA) is 51.1 Å². The summed E-state index contributed by atoms with van der Waals surface area (Å²) in [4.78, 5) is 0. The highest BCUT2D eigenvalue weighted by Gasteiger charge is 2.51. The third-order valence-corrected chi connectivity index (χ3v) is 4.34. The van der Waals surface area contributed by atoms with Crippen LogP contribution in [0.4, 0.5) is 5.69 Å². The van der Waals surface area contributed by atoms with Crippen LogP contribution in [0, 0.1) is 0 Å². The number of ether oxygens (including phenoxy) is 2. The second kappa shape index (κ2) is 3.30. The van der Waals surface area contributed by atoms with Gasteiger partial charge >= 0.3 is 0 Å². The predicted octanol–water partition coefficient (Wildman–Crippen LogP) is 2.91. The number of nitrogen functional groups attached to an aromatic ring is 1. The molecule has 2 aliphatic rings. The molecule has 0 saturated carbocycles. The van der Waals surface area contributed by atoms with Crippen LogP contribution in [0.5, 0.6) is 0 Å². The van der Waals surface area contributed by atoms with Crippen molar-refractivity contribution in [2.45, 2.75) is 25.0 Å². The summed E-state index contributed by atoms with van der Waals surface area (Å²) in [7, 11) is 0. The number of nitrogens with two attached hydrogens (primary N) is 1. The largest absolute Gasteiger partial charge is 0.398 e. The number of rotatable bonds is 2. The molecular weight excluding hydrogens is 238 g/mol. The lowest BCUT2D eigenvalue weighted by Gasteiger charge is -2.20. The van der Waals surface area contributed by atoms with E-state index in [0.29, 0.717) is 0 Å². The summed E-state index contributed by atoms with van der Waals surface area (Å²) >= 11 is 0. The van der Waals surface area contributed by atoms with Crippen LogP contribution in [0.2, 0.25) is 0 Å². The van der Waals surface area contributed by atoms with Crippen LogP contribution in [0.25, 0.3) is 10.8 Å². The Morgan fingerprint density at radius 1 is 1.05 bits per heavy atom. The lowest BCUT2D eigenvalue weighted by molar-refractivity contribution is 0.306. The van der Waals surface area contributed by atoms with E-state index >= 15 is 0 Å². The van der Waals surface area contributed by atoms with Gasteiger partial charge in [0.1, 0.15) is 11.2 Å². The Morgan fingerprint density at radius 3 is 2.32 bits per heavy atom. The van der Waals surface area contributed by atoms with Crippen LogP contribution in [0.15, 0.2) is 30.3 Å². The highest BCUT2D eigenvalue weighted by atomic mass is 16.6. The molecule has 0 amide bonds. The molecule has 98 valence electrons. The fourth-order valence-corrected chi connectivity index (χ4v) is 2.88. The van der Waals surface area contributed by atoms with Crippen LogP contribution in [-0.2, 0) is 20.7 Å². The zero-order valence-corrected chi connectivity index (χ0v) is 11.2. The van der Waals surface area contributed by atoms with E-state index in [1.807, 2.05) is 12.1 Å². The van der Waals surface area contributed by atoms with Crippen molar-refractivity contribution in [3.63, 3.8) is 0 Å². The molecule has 3 heteroatoms. The maximum absolute atomic E-state index is 6.43. The maximum Gasteiger partial charge on any atom is 0.116 e. The number of epoxide rings is 2. The number of benzene rings is 2. The van der Waals surface area contributed by atoms with Crippen LogP contribution in [0.1, 0.15) is 25.0 Å². The van der Waals surface area contributed by atoms with Gasteiger partial charge in [-0.3, -0.25) is 0 Å². The third-order valence-electron chi connectivity index (χ3n) is 4.34. The van der Waals surface area contributed by atoms with Gasteiger partial charge in [-0.25, -0.2) is 0 Å². The van der Waals surface area contributed by atoms with E-state index in [1.165, 1.54) is 10.9 Å². The van der Waals surface area contributed by atoms with Gasteiger partial charge in [0.05, 0.1) is 13.2 Å². The Balaban J connectivity index is 2.08. The van der Waals surface area contributed by atoms with Crippen molar-refractivity contribution in [1.29, 1.82) is 0 Å². The third kappa shape index (κ3) is 1.52. The number of hydrogen-bond donors (Lipinski definition) is 1. The first kappa shape index (κ1) is 11.3. The van der Waals surface area contributed by atoms with Gasteiger partial charge in [0.2, 0.25) is 0 Å². The average Bonchev–Trinajstić information content (AvgIpc) is 3.30. The summed E-state index contributed by atoms with van der Waals surface area (Å²) in [6.45, 7) is 5.71. The Morgan fingerprint density at radius 2 is 1.68 bits per heavy atom. The molecular formula is C16H17NO2. The van der Waals surface area contributed by atoms with Crippen LogP contribution < -0.4 is 5.73 Å². The van der Waals surface area contributed by atoms with Gasteiger partial charge in [0, 0.05) is 16.6 Å². The van der Waals surface area contributed by atoms with E-state index in [0.717, 1.165) is 29.9 Å². The van der Waals surface area contributed by atoms with Crippen molar-refractivity contribution in [3.05, 3.63) is 41.5 Å². The molecule has 19 heavy (non-hydrogen) atoms. The Bertz CT molecular complexity index is 684. The Kier molecular flexibility index (Phi) is 1.95. The number of fused-ring (bicyclic) bond motifs is 1. The van der Waals surface area contributed by atoms with Gasteiger partial charge in [-0.1, -0.05) is 24.3 Å². The molecule has 3 nitrogen and oxygen atoms in total.